The Hall–Kier alpha value is -2.24. The van der Waals surface area contributed by atoms with Crippen molar-refractivity contribution in [2.45, 2.75) is 26.0 Å². The number of carbonyl (C=O) groups excluding carboxylic acids is 1. The predicted molar refractivity (Wildman–Crippen MR) is 112 cm³/mol. The molecule has 1 aliphatic heterocycles. The van der Waals surface area contributed by atoms with Crippen molar-refractivity contribution in [2.75, 3.05) is 11.1 Å². The van der Waals surface area contributed by atoms with Gasteiger partial charge in [0.25, 0.3) is 0 Å². The van der Waals surface area contributed by atoms with Crippen molar-refractivity contribution < 1.29 is 4.79 Å². The van der Waals surface area contributed by atoms with E-state index in [1.54, 1.807) is 11.8 Å². The molecule has 27 heavy (non-hydrogen) atoms. The maximum absolute atomic E-state index is 12.4. The van der Waals surface area contributed by atoms with Crippen LogP contribution in [0.25, 0.3) is 5.69 Å². The van der Waals surface area contributed by atoms with Gasteiger partial charge in [0.2, 0.25) is 5.91 Å². The molecular weight excluding hydrogens is 378 g/mol. The molecule has 1 amide bonds. The van der Waals surface area contributed by atoms with Crippen LogP contribution in [0.4, 0.5) is 5.82 Å². The van der Waals surface area contributed by atoms with Gasteiger partial charge in [0, 0.05) is 10.6 Å². The van der Waals surface area contributed by atoms with Crippen molar-refractivity contribution >= 4 is 35.1 Å². The zero-order valence-electron chi connectivity index (χ0n) is 15.4. The van der Waals surface area contributed by atoms with Crippen LogP contribution in [0.15, 0.2) is 42.5 Å². The van der Waals surface area contributed by atoms with E-state index >= 15 is 0 Å². The Balaban J connectivity index is 1.91. The summed E-state index contributed by atoms with van der Waals surface area (Å²) in [5, 5.41) is 8.53. The summed E-state index contributed by atoms with van der Waals surface area (Å²) < 4.78 is 1.81. The van der Waals surface area contributed by atoms with Gasteiger partial charge in [-0.05, 0) is 56.2 Å². The molecule has 1 aromatic heterocycles. The van der Waals surface area contributed by atoms with Crippen LogP contribution in [-0.4, -0.2) is 21.4 Å². The number of hydrogen-bond donors (Lipinski definition) is 1. The van der Waals surface area contributed by atoms with Crippen molar-refractivity contribution in [3.05, 3.63) is 75.4 Å². The molecule has 0 aliphatic carbocycles. The molecule has 0 saturated carbocycles. The van der Waals surface area contributed by atoms with E-state index in [-0.39, 0.29) is 11.2 Å². The van der Waals surface area contributed by atoms with Gasteiger partial charge in [-0.2, -0.15) is 5.10 Å². The zero-order valence-corrected chi connectivity index (χ0v) is 17.0. The quantitative estimate of drug-likeness (QED) is 0.644. The summed E-state index contributed by atoms with van der Waals surface area (Å²) in [6, 6.07) is 14.0. The minimum absolute atomic E-state index is 0.0100. The van der Waals surface area contributed by atoms with Crippen LogP contribution in [0.5, 0.6) is 0 Å². The second-order valence-electron chi connectivity index (χ2n) is 6.84. The lowest BCUT2D eigenvalue weighted by molar-refractivity contribution is -0.113. The van der Waals surface area contributed by atoms with Crippen LogP contribution in [0.1, 0.15) is 33.2 Å². The van der Waals surface area contributed by atoms with E-state index in [1.165, 1.54) is 16.7 Å². The number of thioether (sulfide) groups is 1. The summed E-state index contributed by atoms with van der Waals surface area (Å²) in [4.78, 5) is 12.4. The fourth-order valence-corrected chi connectivity index (χ4v) is 4.84. The number of carbonyl (C=O) groups is 1. The van der Waals surface area contributed by atoms with Crippen LogP contribution in [0.2, 0.25) is 5.02 Å². The molecule has 0 spiro atoms. The molecule has 0 bridgehead atoms. The van der Waals surface area contributed by atoms with Gasteiger partial charge in [0.05, 0.1) is 22.4 Å². The standard InChI is InChI=1S/C21H20ClN3OS/c1-12-4-5-13(2)17(10-12)20-19-14(3)24-25(16-8-6-15(22)7-9-16)21(19)23-18(26)11-27-20/h4-10,20H,11H2,1-3H3,(H,23,26)/t20-/m1/s1. The number of hydrogen-bond acceptors (Lipinski definition) is 3. The summed E-state index contributed by atoms with van der Waals surface area (Å²) in [7, 11) is 0. The minimum atomic E-state index is -0.0100. The highest BCUT2D eigenvalue weighted by Gasteiger charge is 2.31. The lowest BCUT2D eigenvalue weighted by Crippen LogP contribution is -2.15. The normalized spacial score (nSPS) is 16.6. The first kappa shape index (κ1) is 18.1. The van der Waals surface area contributed by atoms with E-state index in [9.17, 15) is 4.79 Å². The number of rotatable bonds is 2. The van der Waals surface area contributed by atoms with E-state index in [0.717, 1.165) is 22.8 Å². The largest absolute Gasteiger partial charge is 0.310 e. The van der Waals surface area contributed by atoms with Crippen LogP contribution in [-0.2, 0) is 4.79 Å². The first-order valence-electron chi connectivity index (χ1n) is 8.78. The predicted octanol–water partition coefficient (Wildman–Crippen LogP) is 5.23. The number of nitrogens with zero attached hydrogens (tertiary/aromatic N) is 2. The van der Waals surface area contributed by atoms with E-state index in [0.29, 0.717) is 10.8 Å². The molecule has 6 heteroatoms. The van der Waals surface area contributed by atoms with Crippen molar-refractivity contribution in [2.24, 2.45) is 0 Å². The van der Waals surface area contributed by atoms with Crippen LogP contribution in [0.3, 0.4) is 0 Å². The molecule has 3 aromatic rings. The molecule has 1 N–H and O–H groups in total. The molecule has 0 saturated heterocycles. The Morgan fingerprint density at radius 3 is 2.63 bits per heavy atom. The monoisotopic (exact) mass is 397 g/mol. The Kier molecular flexibility index (Phi) is 4.74. The van der Waals surface area contributed by atoms with Gasteiger partial charge in [-0.1, -0.05) is 35.4 Å². The molecule has 4 nitrogen and oxygen atoms in total. The van der Waals surface area contributed by atoms with Gasteiger partial charge < -0.3 is 5.32 Å². The third kappa shape index (κ3) is 3.37. The Bertz CT molecular complexity index is 1030. The molecule has 138 valence electrons. The lowest BCUT2D eigenvalue weighted by Gasteiger charge is -2.18. The van der Waals surface area contributed by atoms with Crippen molar-refractivity contribution in [1.82, 2.24) is 9.78 Å². The molecule has 2 aromatic carbocycles. The van der Waals surface area contributed by atoms with Crippen LogP contribution < -0.4 is 5.32 Å². The Labute approximate surface area is 167 Å². The summed E-state index contributed by atoms with van der Waals surface area (Å²) in [5.41, 5.74) is 6.52. The average molecular weight is 398 g/mol. The number of anilines is 1. The molecule has 1 aliphatic rings. The third-order valence-corrected chi connectivity index (χ3v) is 6.30. The molecule has 1 atom stereocenters. The number of nitrogens with one attached hydrogen (secondary N) is 1. The molecule has 4 rings (SSSR count). The SMILES string of the molecule is Cc1ccc(C)c([C@H]2SCC(=O)Nc3c2c(C)nn3-c2ccc(Cl)cc2)c1. The van der Waals surface area contributed by atoms with Gasteiger partial charge in [-0.3, -0.25) is 4.79 Å². The van der Waals surface area contributed by atoms with Gasteiger partial charge >= 0.3 is 0 Å². The maximum atomic E-state index is 12.4. The van der Waals surface area contributed by atoms with E-state index in [1.807, 2.05) is 35.9 Å². The number of aromatic nitrogens is 2. The average Bonchev–Trinajstić information content (AvgIpc) is 2.84. The highest BCUT2D eigenvalue weighted by Crippen LogP contribution is 2.45. The highest BCUT2D eigenvalue weighted by molar-refractivity contribution is 8.00. The van der Waals surface area contributed by atoms with Crippen LogP contribution >= 0.6 is 23.4 Å². The Morgan fingerprint density at radius 2 is 1.89 bits per heavy atom. The number of aryl methyl sites for hydroxylation is 3. The first-order chi connectivity index (χ1) is 12.9. The van der Waals surface area contributed by atoms with E-state index in [2.05, 4.69) is 37.4 Å². The highest BCUT2D eigenvalue weighted by atomic mass is 35.5. The van der Waals surface area contributed by atoms with Crippen LogP contribution in [0, 0.1) is 20.8 Å². The minimum Gasteiger partial charge on any atom is -0.310 e. The van der Waals surface area contributed by atoms with Gasteiger partial charge in [-0.15, -0.1) is 11.8 Å². The molecule has 0 radical (unpaired) electrons. The molecular formula is C21H20ClN3OS. The molecule has 2 heterocycles. The molecule has 0 fully saturated rings. The number of benzene rings is 2. The summed E-state index contributed by atoms with van der Waals surface area (Å²) in [6.45, 7) is 6.22. The summed E-state index contributed by atoms with van der Waals surface area (Å²) in [5.74, 6) is 1.15. The molecule has 0 unspecified atom stereocenters. The smallest absolute Gasteiger partial charge is 0.235 e. The maximum Gasteiger partial charge on any atom is 0.235 e. The number of amides is 1. The van der Waals surface area contributed by atoms with E-state index < -0.39 is 0 Å². The van der Waals surface area contributed by atoms with Crippen molar-refractivity contribution in [3.63, 3.8) is 0 Å². The second-order valence-corrected chi connectivity index (χ2v) is 8.37. The second kappa shape index (κ2) is 7.06. The van der Waals surface area contributed by atoms with Gasteiger partial charge in [0.1, 0.15) is 5.82 Å². The summed E-state index contributed by atoms with van der Waals surface area (Å²) >= 11 is 7.68. The van der Waals surface area contributed by atoms with Gasteiger partial charge in [-0.25, -0.2) is 4.68 Å². The lowest BCUT2D eigenvalue weighted by atomic mass is 9.98. The van der Waals surface area contributed by atoms with Gasteiger partial charge in [0.15, 0.2) is 0 Å². The number of halogens is 1. The fraction of sp³-hybridized carbons (Fsp3) is 0.238. The van der Waals surface area contributed by atoms with Crippen molar-refractivity contribution in [1.29, 1.82) is 0 Å². The Morgan fingerprint density at radius 1 is 1.15 bits per heavy atom. The summed E-state index contributed by atoms with van der Waals surface area (Å²) in [6.07, 6.45) is 0. The first-order valence-corrected chi connectivity index (χ1v) is 10.2. The third-order valence-electron chi connectivity index (χ3n) is 4.80. The van der Waals surface area contributed by atoms with Crippen molar-refractivity contribution in [3.8, 4) is 5.69 Å². The fourth-order valence-electron chi connectivity index (χ4n) is 3.44. The topological polar surface area (TPSA) is 46.9 Å². The van der Waals surface area contributed by atoms with E-state index in [4.69, 9.17) is 16.7 Å². The zero-order chi connectivity index (χ0) is 19.1. The number of fused-ring (bicyclic) bond motifs is 1.